The average molecular weight is 798 g/mol. The van der Waals surface area contributed by atoms with Gasteiger partial charge in [-0.2, -0.15) is 0 Å². The normalized spacial score (nSPS) is 15.3. The number of ether oxygens (including phenoxy) is 1. The number of pyridine rings is 1. The van der Waals surface area contributed by atoms with Crippen molar-refractivity contribution < 1.29 is 24.1 Å². The molecule has 6 heteroatoms. The molecule has 0 bridgehead atoms. The molecule has 0 aliphatic carbocycles. The van der Waals surface area contributed by atoms with Crippen molar-refractivity contribution >= 4 is 32.8 Å². The number of para-hydroxylation sites is 2. The van der Waals surface area contributed by atoms with Crippen LogP contribution in [0.5, 0.6) is 11.5 Å². The van der Waals surface area contributed by atoms with Gasteiger partial charge in [0.2, 0.25) is 0 Å². The zero-order valence-electron chi connectivity index (χ0n) is 28.1. The number of imidazole rings is 1. The zero-order valence-corrected chi connectivity index (χ0v) is 30.4. The molecule has 7 aromatic rings. The maximum atomic E-state index is 6.64. The molecule has 0 amide bonds. The fraction of sp³-hybridized carbons (Fsp3) is 0.268. The topological polar surface area (TPSA) is 36.9 Å². The van der Waals surface area contributed by atoms with Crippen molar-refractivity contribution in [3.8, 4) is 23.0 Å². The third-order valence-electron chi connectivity index (χ3n) is 10.7. The molecule has 47 heavy (non-hydrogen) atoms. The van der Waals surface area contributed by atoms with Crippen LogP contribution >= 0.6 is 0 Å². The van der Waals surface area contributed by atoms with Crippen molar-refractivity contribution in [2.45, 2.75) is 64.7 Å². The average Bonchev–Trinajstić information content (AvgIpc) is 3.49. The van der Waals surface area contributed by atoms with Gasteiger partial charge in [-0.05, 0) is 17.0 Å². The van der Waals surface area contributed by atoms with Crippen molar-refractivity contribution in [2.24, 2.45) is 7.05 Å². The van der Waals surface area contributed by atoms with Crippen molar-refractivity contribution in [1.82, 2.24) is 18.7 Å². The van der Waals surface area contributed by atoms with Crippen molar-refractivity contribution in [1.29, 1.82) is 0 Å². The van der Waals surface area contributed by atoms with Gasteiger partial charge in [0.05, 0.1) is 0 Å². The van der Waals surface area contributed by atoms with E-state index in [0.29, 0.717) is 11.5 Å². The second kappa shape index (κ2) is 10.1. The van der Waals surface area contributed by atoms with E-state index in [1.807, 2.05) is 12.3 Å². The maximum absolute atomic E-state index is 6.64. The molecule has 240 valence electrons. The first-order valence-corrected chi connectivity index (χ1v) is 17.3. The molecular formula is C41H38N4OPt-2. The van der Waals surface area contributed by atoms with Crippen LogP contribution in [0.3, 0.4) is 0 Å². The molecule has 0 spiro atoms. The van der Waals surface area contributed by atoms with Gasteiger partial charge >= 0.3 is 232 Å². The van der Waals surface area contributed by atoms with Gasteiger partial charge in [0.1, 0.15) is 0 Å². The van der Waals surface area contributed by atoms with E-state index in [-0.39, 0.29) is 16.2 Å². The molecule has 0 unspecified atom stereocenters. The molecule has 0 saturated heterocycles. The fourth-order valence-corrected chi connectivity index (χ4v) is 8.02. The molecule has 1 aliphatic heterocycles. The van der Waals surface area contributed by atoms with E-state index in [2.05, 4.69) is 173 Å². The van der Waals surface area contributed by atoms with Crippen LogP contribution in [0.1, 0.15) is 65.2 Å². The Morgan fingerprint density at radius 2 is 1.45 bits per heavy atom. The van der Waals surface area contributed by atoms with Gasteiger partial charge in [0.15, 0.2) is 0 Å². The summed E-state index contributed by atoms with van der Waals surface area (Å²) < 4.78 is 14.6. The third-order valence-corrected chi connectivity index (χ3v) is 11.9. The first-order chi connectivity index (χ1) is 22.3. The van der Waals surface area contributed by atoms with Crippen LogP contribution in [-0.2, 0) is 42.6 Å². The molecule has 0 saturated carbocycles. The van der Waals surface area contributed by atoms with Gasteiger partial charge in [-0.15, -0.1) is 0 Å². The minimum absolute atomic E-state index is 0.0000888. The second-order valence-electron chi connectivity index (χ2n) is 14.8. The summed E-state index contributed by atoms with van der Waals surface area (Å²) in [5, 5.41) is 2.27. The summed E-state index contributed by atoms with van der Waals surface area (Å²) in [6.07, 6.45) is 1.90. The van der Waals surface area contributed by atoms with Crippen LogP contribution < -0.4 is 4.74 Å². The van der Waals surface area contributed by atoms with Gasteiger partial charge in [-0.25, -0.2) is 0 Å². The summed E-state index contributed by atoms with van der Waals surface area (Å²) in [7, 11) is 2.14. The van der Waals surface area contributed by atoms with Gasteiger partial charge in [0, 0.05) is 6.20 Å². The SMILES string of the molecule is Cn1[c](=[Pt])n2c3c(cccc31)C(C)(C)C(C)(C)c1ccc(Oc3[c-]c4c(cc3)c3ccccc3n4-c3cc(C(C)(C)C)ccn3)[c-]c1-2. The van der Waals surface area contributed by atoms with Crippen LogP contribution in [0.25, 0.3) is 44.3 Å². The number of rotatable bonds is 3. The molecule has 0 radical (unpaired) electrons. The number of benzene rings is 4. The first-order valence-electron chi connectivity index (χ1n) is 16.1. The Morgan fingerprint density at radius 1 is 0.745 bits per heavy atom. The van der Waals surface area contributed by atoms with E-state index in [4.69, 9.17) is 9.72 Å². The molecule has 3 aromatic heterocycles. The zero-order chi connectivity index (χ0) is 33.0. The number of fused-ring (bicyclic) bond motifs is 5. The van der Waals surface area contributed by atoms with E-state index >= 15 is 0 Å². The second-order valence-corrected chi connectivity index (χ2v) is 15.9. The van der Waals surface area contributed by atoms with Gasteiger partial charge in [0.25, 0.3) is 0 Å². The molecule has 8 rings (SSSR count). The van der Waals surface area contributed by atoms with E-state index in [0.717, 1.165) is 37.1 Å². The predicted octanol–water partition coefficient (Wildman–Crippen LogP) is 9.80. The Balaban J connectivity index is 1.30. The minimum atomic E-state index is -0.173. The standard InChI is InChI=1S/C41H38N4O.Pt/c1-39(2,3)26-20-21-42-37(22-26)45-33-14-10-9-12-29(33)30-18-16-27(23-35(30)45)46-28-17-19-31-36(24-28)44-25-43(8)34-15-11-13-32(38(34)44)41(6,7)40(31,4)5;/h9-22H,1-8H3;/q-2;. The summed E-state index contributed by atoms with van der Waals surface area (Å²) in [6, 6.07) is 35.2. The third kappa shape index (κ3) is 4.32. The summed E-state index contributed by atoms with van der Waals surface area (Å²) in [6.45, 7) is 16.1. The van der Waals surface area contributed by atoms with Gasteiger partial charge in [-0.3, -0.25) is 0 Å². The molecular weight excluding hydrogens is 760 g/mol. The van der Waals surface area contributed by atoms with Gasteiger partial charge in [-0.1, -0.05) is 32.9 Å². The number of aryl methyl sites for hydroxylation is 1. The number of hydrogen-bond acceptors (Lipinski definition) is 2. The summed E-state index contributed by atoms with van der Waals surface area (Å²) in [5.41, 5.74) is 8.99. The number of hydrogen-bond donors (Lipinski definition) is 0. The van der Waals surface area contributed by atoms with Crippen molar-refractivity contribution in [3.05, 3.63) is 118 Å². The van der Waals surface area contributed by atoms with Crippen LogP contribution in [0.4, 0.5) is 0 Å². The first kappa shape index (κ1) is 30.1. The number of nitrogens with zero attached hydrogens (tertiary/aromatic N) is 4. The molecule has 5 nitrogen and oxygen atoms in total. The van der Waals surface area contributed by atoms with E-state index in [1.165, 1.54) is 27.7 Å². The van der Waals surface area contributed by atoms with Crippen LogP contribution in [0.2, 0.25) is 0 Å². The molecule has 0 N–H and O–H groups in total. The van der Waals surface area contributed by atoms with E-state index in [1.54, 1.807) is 0 Å². The Morgan fingerprint density at radius 3 is 2.23 bits per heavy atom. The van der Waals surface area contributed by atoms with Crippen LogP contribution in [0, 0.1) is 15.9 Å². The van der Waals surface area contributed by atoms with E-state index in [9.17, 15) is 0 Å². The quantitative estimate of drug-likeness (QED) is 0.167. The Bertz CT molecular complexity index is 2470. The molecule has 4 aromatic carbocycles. The van der Waals surface area contributed by atoms with E-state index < -0.39 is 0 Å². The fourth-order valence-electron chi connectivity index (χ4n) is 7.24. The monoisotopic (exact) mass is 797 g/mol. The number of aromatic nitrogens is 4. The van der Waals surface area contributed by atoms with Crippen LogP contribution in [0.15, 0.2) is 85.1 Å². The molecule has 0 fully saturated rings. The van der Waals surface area contributed by atoms with Gasteiger partial charge < -0.3 is 0 Å². The van der Waals surface area contributed by atoms with Crippen molar-refractivity contribution in [3.63, 3.8) is 0 Å². The van der Waals surface area contributed by atoms with Crippen LogP contribution in [-0.4, -0.2) is 18.7 Å². The predicted molar refractivity (Wildman–Crippen MR) is 187 cm³/mol. The summed E-state index contributed by atoms with van der Waals surface area (Å²) in [5.74, 6) is 2.16. The summed E-state index contributed by atoms with van der Waals surface area (Å²) in [4.78, 5) is 4.83. The summed E-state index contributed by atoms with van der Waals surface area (Å²) >= 11 is 2.44. The Hall–Kier alpha value is -4.21. The molecule has 4 heterocycles. The molecule has 1 aliphatic rings. The Labute approximate surface area is 286 Å². The van der Waals surface area contributed by atoms with Crippen molar-refractivity contribution in [2.75, 3.05) is 0 Å². The molecule has 0 atom stereocenters. The Kier molecular flexibility index (Phi) is 6.51.